The quantitative estimate of drug-likeness (QED) is 0.535. The lowest BCUT2D eigenvalue weighted by Gasteiger charge is -2.24. The normalized spacial score (nSPS) is 12.4. The Balaban J connectivity index is 4.02. The Hall–Kier alpha value is -0.610. The van der Waals surface area contributed by atoms with Crippen molar-refractivity contribution >= 4 is 5.91 Å². The van der Waals surface area contributed by atoms with Crippen molar-refractivity contribution in [2.45, 2.75) is 58.8 Å². The highest BCUT2D eigenvalue weighted by Crippen LogP contribution is 2.08. The van der Waals surface area contributed by atoms with Crippen LogP contribution in [0.3, 0.4) is 0 Å². The van der Waals surface area contributed by atoms with Crippen LogP contribution in [0.25, 0.3) is 0 Å². The summed E-state index contributed by atoms with van der Waals surface area (Å²) >= 11 is 0. The van der Waals surface area contributed by atoms with Gasteiger partial charge in [0.2, 0.25) is 5.91 Å². The highest BCUT2D eigenvalue weighted by molar-refractivity contribution is 5.76. The Labute approximate surface area is 118 Å². The van der Waals surface area contributed by atoms with Gasteiger partial charge in [-0.15, -0.1) is 0 Å². The molecule has 0 radical (unpaired) electrons. The first-order valence-corrected chi connectivity index (χ1v) is 7.74. The third-order valence-corrected chi connectivity index (χ3v) is 3.40. The fourth-order valence-corrected chi connectivity index (χ4v) is 2.04. The molecule has 0 bridgehead atoms. The number of unbranched alkanes of at least 4 members (excludes halogenated alkanes) is 4. The van der Waals surface area contributed by atoms with Crippen LogP contribution in [0.5, 0.6) is 0 Å². The first-order valence-electron chi connectivity index (χ1n) is 7.74. The van der Waals surface area contributed by atoms with Gasteiger partial charge in [0.05, 0.1) is 0 Å². The standard InChI is InChI=1S/C15H32N2O2/c1-3-4-5-6-7-9-17(10-8-11-18)15(19)12-14(2)13-16/h14,18H,3-13,16H2,1-2H3. The Morgan fingerprint density at radius 3 is 2.37 bits per heavy atom. The zero-order chi connectivity index (χ0) is 14.5. The lowest BCUT2D eigenvalue weighted by molar-refractivity contribution is -0.132. The first-order chi connectivity index (χ1) is 9.15. The van der Waals surface area contributed by atoms with E-state index in [0.717, 1.165) is 13.0 Å². The van der Waals surface area contributed by atoms with Gasteiger partial charge in [-0.25, -0.2) is 0 Å². The lowest BCUT2D eigenvalue weighted by atomic mass is 10.1. The average molecular weight is 272 g/mol. The summed E-state index contributed by atoms with van der Waals surface area (Å²) in [6.45, 7) is 6.39. The summed E-state index contributed by atoms with van der Waals surface area (Å²) in [7, 11) is 0. The van der Waals surface area contributed by atoms with E-state index in [0.29, 0.717) is 25.9 Å². The molecular formula is C15H32N2O2. The molecule has 1 amide bonds. The van der Waals surface area contributed by atoms with E-state index < -0.39 is 0 Å². The van der Waals surface area contributed by atoms with Gasteiger partial charge in [-0.2, -0.15) is 0 Å². The second kappa shape index (κ2) is 12.4. The molecular weight excluding hydrogens is 240 g/mol. The summed E-state index contributed by atoms with van der Waals surface area (Å²) in [5.41, 5.74) is 5.56. The Bertz CT molecular complexity index is 222. The number of carbonyl (C=O) groups excluding carboxylic acids is 1. The predicted molar refractivity (Wildman–Crippen MR) is 79.9 cm³/mol. The van der Waals surface area contributed by atoms with Crippen LogP contribution in [-0.2, 0) is 4.79 Å². The molecule has 1 atom stereocenters. The second-order valence-electron chi connectivity index (χ2n) is 5.42. The van der Waals surface area contributed by atoms with Crippen molar-refractivity contribution in [3.05, 3.63) is 0 Å². The van der Waals surface area contributed by atoms with E-state index in [1.165, 1.54) is 25.7 Å². The van der Waals surface area contributed by atoms with E-state index in [-0.39, 0.29) is 18.4 Å². The topological polar surface area (TPSA) is 66.6 Å². The fraction of sp³-hybridized carbons (Fsp3) is 0.933. The number of hydrogen-bond donors (Lipinski definition) is 2. The lowest BCUT2D eigenvalue weighted by Crippen LogP contribution is -2.35. The molecule has 0 heterocycles. The maximum atomic E-state index is 12.1. The van der Waals surface area contributed by atoms with E-state index in [4.69, 9.17) is 10.8 Å². The van der Waals surface area contributed by atoms with Gasteiger partial charge in [-0.05, 0) is 25.3 Å². The van der Waals surface area contributed by atoms with Crippen molar-refractivity contribution < 1.29 is 9.90 Å². The van der Waals surface area contributed by atoms with E-state index in [1.54, 1.807) is 0 Å². The minimum Gasteiger partial charge on any atom is -0.396 e. The third-order valence-electron chi connectivity index (χ3n) is 3.40. The molecule has 0 aromatic heterocycles. The number of nitrogens with zero attached hydrogens (tertiary/aromatic N) is 1. The second-order valence-corrected chi connectivity index (χ2v) is 5.42. The maximum Gasteiger partial charge on any atom is 0.222 e. The molecule has 0 saturated carbocycles. The molecule has 0 rings (SSSR count). The van der Waals surface area contributed by atoms with Gasteiger partial charge < -0.3 is 15.7 Å². The first kappa shape index (κ1) is 18.4. The van der Waals surface area contributed by atoms with Crippen LogP contribution in [0.1, 0.15) is 58.8 Å². The van der Waals surface area contributed by atoms with E-state index in [1.807, 2.05) is 11.8 Å². The summed E-state index contributed by atoms with van der Waals surface area (Å²) in [6, 6.07) is 0. The van der Waals surface area contributed by atoms with Crippen LogP contribution in [-0.4, -0.2) is 42.2 Å². The van der Waals surface area contributed by atoms with E-state index >= 15 is 0 Å². The largest absolute Gasteiger partial charge is 0.396 e. The fourth-order valence-electron chi connectivity index (χ4n) is 2.04. The van der Waals surface area contributed by atoms with Crippen molar-refractivity contribution in [3.8, 4) is 0 Å². The molecule has 0 aliphatic heterocycles. The van der Waals surface area contributed by atoms with Crippen molar-refractivity contribution in [2.75, 3.05) is 26.2 Å². The molecule has 0 saturated heterocycles. The molecule has 0 aromatic rings. The van der Waals surface area contributed by atoms with Crippen molar-refractivity contribution in [2.24, 2.45) is 11.7 Å². The molecule has 3 N–H and O–H groups in total. The number of carbonyl (C=O) groups is 1. The van der Waals surface area contributed by atoms with Crippen LogP contribution in [0.2, 0.25) is 0 Å². The molecule has 19 heavy (non-hydrogen) atoms. The monoisotopic (exact) mass is 272 g/mol. The van der Waals surface area contributed by atoms with Crippen molar-refractivity contribution in [1.29, 1.82) is 0 Å². The highest BCUT2D eigenvalue weighted by Gasteiger charge is 2.15. The minimum atomic E-state index is 0.145. The molecule has 4 nitrogen and oxygen atoms in total. The van der Waals surface area contributed by atoms with Crippen molar-refractivity contribution in [1.82, 2.24) is 4.90 Å². The number of amides is 1. The molecule has 0 aliphatic carbocycles. The minimum absolute atomic E-state index is 0.145. The Morgan fingerprint density at radius 1 is 1.16 bits per heavy atom. The van der Waals surface area contributed by atoms with Gasteiger partial charge in [0.15, 0.2) is 0 Å². The number of rotatable bonds is 12. The van der Waals surface area contributed by atoms with Crippen LogP contribution in [0.4, 0.5) is 0 Å². The number of aliphatic hydroxyl groups excluding tert-OH is 1. The summed E-state index contributed by atoms with van der Waals surface area (Å²) in [5.74, 6) is 0.422. The van der Waals surface area contributed by atoms with Gasteiger partial charge in [-0.3, -0.25) is 4.79 Å². The van der Waals surface area contributed by atoms with Crippen LogP contribution < -0.4 is 5.73 Å². The summed E-state index contributed by atoms with van der Waals surface area (Å²) in [5, 5.41) is 8.91. The average Bonchev–Trinajstić information content (AvgIpc) is 2.41. The maximum absolute atomic E-state index is 12.1. The SMILES string of the molecule is CCCCCCCN(CCCO)C(=O)CC(C)CN. The predicted octanol–water partition coefficient (Wildman–Crippen LogP) is 2.15. The number of hydrogen-bond acceptors (Lipinski definition) is 3. The molecule has 0 spiro atoms. The molecule has 0 aromatic carbocycles. The van der Waals surface area contributed by atoms with Crippen LogP contribution in [0, 0.1) is 5.92 Å². The highest BCUT2D eigenvalue weighted by atomic mass is 16.3. The van der Waals surface area contributed by atoms with Crippen LogP contribution in [0.15, 0.2) is 0 Å². The molecule has 1 unspecified atom stereocenters. The summed E-state index contributed by atoms with van der Waals surface area (Å²) < 4.78 is 0. The Morgan fingerprint density at radius 2 is 1.79 bits per heavy atom. The van der Waals surface area contributed by atoms with Gasteiger partial charge in [0, 0.05) is 26.1 Å². The van der Waals surface area contributed by atoms with Crippen LogP contribution >= 0.6 is 0 Å². The Kier molecular flexibility index (Phi) is 12.0. The smallest absolute Gasteiger partial charge is 0.222 e. The summed E-state index contributed by atoms with van der Waals surface area (Å²) in [4.78, 5) is 14.0. The van der Waals surface area contributed by atoms with Gasteiger partial charge in [0.1, 0.15) is 0 Å². The summed E-state index contributed by atoms with van der Waals surface area (Å²) in [6.07, 6.45) is 7.19. The van der Waals surface area contributed by atoms with E-state index in [9.17, 15) is 4.79 Å². The number of aliphatic hydroxyl groups is 1. The third kappa shape index (κ3) is 9.91. The molecule has 0 aliphatic rings. The van der Waals surface area contributed by atoms with Gasteiger partial charge in [0.25, 0.3) is 0 Å². The molecule has 114 valence electrons. The zero-order valence-electron chi connectivity index (χ0n) is 12.7. The molecule has 0 fully saturated rings. The number of nitrogens with two attached hydrogens (primary N) is 1. The van der Waals surface area contributed by atoms with Crippen molar-refractivity contribution in [3.63, 3.8) is 0 Å². The van der Waals surface area contributed by atoms with E-state index in [2.05, 4.69) is 6.92 Å². The van der Waals surface area contributed by atoms with Gasteiger partial charge >= 0.3 is 0 Å². The van der Waals surface area contributed by atoms with Gasteiger partial charge in [-0.1, -0.05) is 39.5 Å². The zero-order valence-corrected chi connectivity index (χ0v) is 12.7. The molecule has 4 heteroatoms.